The van der Waals surface area contributed by atoms with Gasteiger partial charge in [0.05, 0.1) is 6.10 Å². The molecule has 0 radical (unpaired) electrons. The number of fused-ring (bicyclic) bond motifs is 1. The van der Waals surface area contributed by atoms with E-state index in [0.717, 1.165) is 5.52 Å². The van der Waals surface area contributed by atoms with Crippen LogP contribution in [-0.2, 0) is 17.4 Å². The third-order valence-electron chi connectivity index (χ3n) is 4.39. The molecule has 0 amide bonds. The highest BCUT2D eigenvalue weighted by molar-refractivity contribution is 5.82. The maximum atomic E-state index is 10.2. The molecule has 1 atom stereocenters. The molecule has 0 spiro atoms. The fourth-order valence-electron chi connectivity index (χ4n) is 3.01. The van der Waals surface area contributed by atoms with E-state index in [1.54, 1.807) is 0 Å². The molecule has 128 valence electrons. The van der Waals surface area contributed by atoms with Crippen LogP contribution >= 0.6 is 0 Å². The van der Waals surface area contributed by atoms with Crippen molar-refractivity contribution in [3.05, 3.63) is 35.5 Å². The lowest BCUT2D eigenvalue weighted by atomic mass is 9.86. The SMILES string of the molecule is CC(C)(C)c1ccc2c(c1)cc(C(C)(C)C)n2CC(O)CCO. The number of hydrogen-bond donors (Lipinski definition) is 2. The molecular formula is C20H31NO2. The molecule has 2 rings (SSSR count). The molecule has 0 aliphatic carbocycles. The van der Waals surface area contributed by atoms with Crippen molar-refractivity contribution in [1.29, 1.82) is 0 Å². The Hall–Kier alpha value is -1.32. The van der Waals surface area contributed by atoms with Crippen molar-refractivity contribution in [2.24, 2.45) is 0 Å². The number of hydrogen-bond acceptors (Lipinski definition) is 2. The minimum absolute atomic E-state index is 0.000148. The van der Waals surface area contributed by atoms with Crippen LogP contribution in [0.5, 0.6) is 0 Å². The largest absolute Gasteiger partial charge is 0.396 e. The van der Waals surface area contributed by atoms with Crippen molar-refractivity contribution >= 4 is 10.9 Å². The van der Waals surface area contributed by atoms with Gasteiger partial charge in [-0.1, -0.05) is 47.6 Å². The van der Waals surface area contributed by atoms with Crippen molar-refractivity contribution in [3.63, 3.8) is 0 Å². The van der Waals surface area contributed by atoms with E-state index in [2.05, 4.69) is 70.4 Å². The van der Waals surface area contributed by atoms with E-state index >= 15 is 0 Å². The van der Waals surface area contributed by atoms with Crippen molar-refractivity contribution in [2.45, 2.75) is 71.4 Å². The van der Waals surface area contributed by atoms with Gasteiger partial charge in [-0.15, -0.1) is 0 Å². The van der Waals surface area contributed by atoms with E-state index in [-0.39, 0.29) is 17.4 Å². The summed E-state index contributed by atoms with van der Waals surface area (Å²) in [6, 6.07) is 8.86. The summed E-state index contributed by atoms with van der Waals surface area (Å²) in [5, 5.41) is 20.5. The van der Waals surface area contributed by atoms with Crippen LogP contribution in [0.2, 0.25) is 0 Å². The van der Waals surface area contributed by atoms with Crippen LogP contribution in [0.4, 0.5) is 0 Å². The zero-order chi connectivity index (χ0) is 17.4. The number of nitrogens with zero attached hydrogens (tertiary/aromatic N) is 1. The van der Waals surface area contributed by atoms with Crippen LogP contribution in [0.1, 0.15) is 59.2 Å². The lowest BCUT2D eigenvalue weighted by molar-refractivity contribution is 0.117. The van der Waals surface area contributed by atoms with Crippen LogP contribution in [0, 0.1) is 0 Å². The van der Waals surface area contributed by atoms with Crippen LogP contribution in [0.15, 0.2) is 24.3 Å². The second-order valence-electron chi connectivity index (χ2n) is 8.58. The molecule has 2 aromatic rings. The molecule has 1 aromatic heterocycles. The zero-order valence-electron chi connectivity index (χ0n) is 15.3. The average Bonchev–Trinajstić information content (AvgIpc) is 2.76. The number of rotatable bonds is 4. The van der Waals surface area contributed by atoms with E-state index in [9.17, 15) is 5.11 Å². The Bertz CT molecular complexity index is 671. The third kappa shape index (κ3) is 3.96. The summed E-state index contributed by atoms with van der Waals surface area (Å²) in [6.07, 6.45) is -0.123. The maximum absolute atomic E-state index is 10.2. The van der Waals surface area contributed by atoms with Crippen molar-refractivity contribution in [1.82, 2.24) is 4.57 Å². The molecule has 0 saturated heterocycles. The summed E-state index contributed by atoms with van der Waals surface area (Å²) in [5.74, 6) is 0. The average molecular weight is 317 g/mol. The van der Waals surface area contributed by atoms with Crippen molar-refractivity contribution in [2.75, 3.05) is 6.61 Å². The van der Waals surface area contributed by atoms with E-state index in [4.69, 9.17) is 5.11 Å². The summed E-state index contributed by atoms with van der Waals surface area (Å²) >= 11 is 0. The highest BCUT2D eigenvalue weighted by Crippen LogP contribution is 2.33. The Morgan fingerprint density at radius 2 is 1.65 bits per heavy atom. The van der Waals surface area contributed by atoms with Gasteiger partial charge in [0.2, 0.25) is 0 Å². The van der Waals surface area contributed by atoms with E-state index in [1.807, 2.05) is 0 Å². The predicted molar refractivity (Wildman–Crippen MR) is 97.0 cm³/mol. The molecule has 23 heavy (non-hydrogen) atoms. The van der Waals surface area contributed by atoms with E-state index in [1.165, 1.54) is 16.6 Å². The first-order chi connectivity index (χ1) is 10.5. The van der Waals surface area contributed by atoms with Gasteiger partial charge in [0.1, 0.15) is 0 Å². The minimum atomic E-state index is -0.529. The van der Waals surface area contributed by atoms with Crippen LogP contribution < -0.4 is 0 Å². The van der Waals surface area contributed by atoms with Gasteiger partial charge in [0, 0.05) is 35.2 Å². The summed E-state index contributed by atoms with van der Waals surface area (Å²) in [5.41, 5.74) is 3.81. The maximum Gasteiger partial charge on any atom is 0.0741 e. The summed E-state index contributed by atoms with van der Waals surface area (Å²) in [4.78, 5) is 0. The zero-order valence-corrected chi connectivity index (χ0v) is 15.3. The van der Waals surface area contributed by atoms with Gasteiger partial charge in [-0.2, -0.15) is 0 Å². The van der Waals surface area contributed by atoms with Crippen LogP contribution in [0.3, 0.4) is 0 Å². The topological polar surface area (TPSA) is 45.4 Å². The number of aliphatic hydroxyl groups is 2. The number of aliphatic hydroxyl groups excluding tert-OH is 2. The van der Waals surface area contributed by atoms with Gasteiger partial charge in [0.25, 0.3) is 0 Å². The van der Waals surface area contributed by atoms with Gasteiger partial charge in [0.15, 0.2) is 0 Å². The fraction of sp³-hybridized carbons (Fsp3) is 0.600. The third-order valence-corrected chi connectivity index (χ3v) is 4.39. The molecule has 0 aliphatic heterocycles. The molecule has 3 heteroatoms. The molecule has 0 aliphatic rings. The summed E-state index contributed by atoms with van der Waals surface area (Å²) in [6.45, 7) is 13.8. The van der Waals surface area contributed by atoms with Gasteiger partial charge in [-0.05, 0) is 35.6 Å². The normalized spacial score (nSPS) is 14.4. The quantitative estimate of drug-likeness (QED) is 0.896. The number of aromatic nitrogens is 1. The molecule has 1 heterocycles. The first kappa shape index (κ1) is 18.0. The lowest BCUT2D eigenvalue weighted by Gasteiger charge is -2.24. The second kappa shape index (κ2) is 6.29. The molecule has 0 saturated carbocycles. The van der Waals surface area contributed by atoms with E-state index < -0.39 is 6.10 Å². The first-order valence-corrected chi connectivity index (χ1v) is 8.47. The standard InChI is InChI=1S/C20H31NO2/c1-19(2,3)15-7-8-17-14(11-15)12-18(20(4,5)6)21(17)13-16(23)9-10-22/h7-8,11-12,16,22-23H,9-10,13H2,1-6H3. The molecule has 2 N–H and O–H groups in total. The number of benzene rings is 1. The Labute approximate surface area is 139 Å². The summed E-state index contributed by atoms with van der Waals surface area (Å²) < 4.78 is 2.21. The Balaban J connectivity index is 2.57. The summed E-state index contributed by atoms with van der Waals surface area (Å²) in [7, 11) is 0. The van der Waals surface area contributed by atoms with Gasteiger partial charge >= 0.3 is 0 Å². The molecular weight excluding hydrogens is 286 g/mol. The van der Waals surface area contributed by atoms with E-state index in [0.29, 0.717) is 13.0 Å². The van der Waals surface area contributed by atoms with Gasteiger partial charge in [-0.3, -0.25) is 0 Å². The Morgan fingerprint density at radius 3 is 2.17 bits per heavy atom. The molecule has 1 aromatic carbocycles. The van der Waals surface area contributed by atoms with Crippen molar-refractivity contribution in [3.8, 4) is 0 Å². The highest BCUT2D eigenvalue weighted by atomic mass is 16.3. The first-order valence-electron chi connectivity index (χ1n) is 8.47. The molecule has 0 fully saturated rings. The molecule has 0 bridgehead atoms. The van der Waals surface area contributed by atoms with Crippen molar-refractivity contribution < 1.29 is 10.2 Å². The Kier molecular flexibility index (Phi) is 4.93. The van der Waals surface area contributed by atoms with Gasteiger partial charge in [-0.25, -0.2) is 0 Å². The second-order valence-corrected chi connectivity index (χ2v) is 8.58. The minimum Gasteiger partial charge on any atom is -0.396 e. The lowest BCUT2D eigenvalue weighted by Crippen LogP contribution is -2.23. The van der Waals surface area contributed by atoms with Crippen LogP contribution in [-0.4, -0.2) is 27.5 Å². The monoisotopic (exact) mass is 317 g/mol. The fourth-order valence-corrected chi connectivity index (χ4v) is 3.01. The van der Waals surface area contributed by atoms with Gasteiger partial charge < -0.3 is 14.8 Å². The highest BCUT2D eigenvalue weighted by Gasteiger charge is 2.23. The smallest absolute Gasteiger partial charge is 0.0741 e. The molecule has 3 nitrogen and oxygen atoms in total. The predicted octanol–water partition coefficient (Wildman–Crippen LogP) is 3.98. The Morgan fingerprint density at radius 1 is 1.00 bits per heavy atom. The van der Waals surface area contributed by atoms with Crippen LogP contribution in [0.25, 0.3) is 10.9 Å². The molecule has 1 unspecified atom stereocenters.